The van der Waals surface area contributed by atoms with Gasteiger partial charge in [-0.3, -0.25) is 4.79 Å². The highest BCUT2D eigenvalue weighted by molar-refractivity contribution is 7.17. The number of rotatable bonds is 2. The van der Waals surface area contributed by atoms with Crippen LogP contribution in [0.25, 0.3) is 0 Å². The van der Waals surface area contributed by atoms with Crippen LogP contribution in [0.5, 0.6) is 0 Å². The molecule has 2 atom stereocenters. The number of hydrogen-bond acceptors (Lipinski definition) is 4. The summed E-state index contributed by atoms with van der Waals surface area (Å²) in [7, 11) is 0. The van der Waals surface area contributed by atoms with E-state index in [1.165, 1.54) is 18.3 Å². The second-order valence-corrected chi connectivity index (χ2v) is 5.48. The molecule has 6 heteroatoms. The lowest BCUT2D eigenvalue weighted by Crippen LogP contribution is -2.22. The third-order valence-corrected chi connectivity index (χ3v) is 4.15. The van der Waals surface area contributed by atoms with Crippen LogP contribution in [0.2, 0.25) is 0 Å². The Balaban J connectivity index is 2.53. The van der Waals surface area contributed by atoms with Crippen molar-refractivity contribution < 1.29 is 19.4 Å². The molecule has 0 bridgehead atoms. The predicted octanol–water partition coefficient (Wildman–Crippen LogP) is 2.43. The Labute approximate surface area is 109 Å². The molecule has 0 saturated carbocycles. The van der Waals surface area contributed by atoms with E-state index in [0.717, 1.165) is 10.4 Å². The zero-order valence-electron chi connectivity index (χ0n) is 10.4. The van der Waals surface area contributed by atoms with Crippen molar-refractivity contribution in [2.24, 2.45) is 0 Å². The van der Waals surface area contributed by atoms with E-state index in [2.05, 4.69) is 5.32 Å². The van der Waals surface area contributed by atoms with E-state index in [-0.39, 0.29) is 23.7 Å². The Morgan fingerprint density at radius 1 is 1.44 bits per heavy atom. The zero-order valence-corrected chi connectivity index (χ0v) is 11.3. The molecule has 2 unspecified atom stereocenters. The van der Waals surface area contributed by atoms with Gasteiger partial charge in [0, 0.05) is 18.2 Å². The van der Waals surface area contributed by atoms with Crippen molar-refractivity contribution in [3.8, 4) is 0 Å². The Morgan fingerprint density at radius 3 is 2.67 bits per heavy atom. The molecule has 2 N–H and O–H groups in total. The molecule has 0 saturated heterocycles. The Bertz CT molecular complexity index is 508. The molecule has 0 spiro atoms. The summed E-state index contributed by atoms with van der Waals surface area (Å²) in [5, 5.41) is 12.3. The van der Waals surface area contributed by atoms with Crippen molar-refractivity contribution in [2.75, 3.05) is 5.32 Å². The first-order chi connectivity index (χ1) is 8.40. The van der Waals surface area contributed by atoms with Gasteiger partial charge in [0.1, 0.15) is 5.00 Å². The van der Waals surface area contributed by atoms with E-state index in [4.69, 9.17) is 4.74 Å². The van der Waals surface area contributed by atoms with Gasteiger partial charge in [0.15, 0.2) is 0 Å². The third kappa shape index (κ3) is 2.26. The molecule has 0 fully saturated rings. The number of thiophene rings is 1. The average Bonchev–Trinajstić information content (AvgIpc) is 2.54. The van der Waals surface area contributed by atoms with Gasteiger partial charge >= 0.3 is 5.97 Å². The number of carbonyl (C=O) groups is 2. The maximum absolute atomic E-state index is 11.4. The lowest BCUT2D eigenvalue weighted by atomic mass is 9.99. The molecule has 2 heterocycles. The van der Waals surface area contributed by atoms with Crippen LogP contribution in [0.4, 0.5) is 5.00 Å². The van der Waals surface area contributed by atoms with Gasteiger partial charge in [0.05, 0.1) is 17.8 Å². The Kier molecular flexibility index (Phi) is 3.41. The summed E-state index contributed by atoms with van der Waals surface area (Å²) in [6.07, 6.45) is 0.428. The van der Waals surface area contributed by atoms with Crippen LogP contribution in [-0.2, 0) is 16.0 Å². The lowest BCUT2D eigenvalue weighted by molar-refractivity contribution is -0.114. The minimum absolute atomic E-state index is 0.00891. The molecular formula is C12H15NO4S. The maximum atomic E-state index is 11.4. The van der Waals surface area contributed by atoms with Crippen molar-refractivity contribution in [3.05, 3.63) is 16.0 Å². The van der Waals surface area contributed by atoms with Gasteiger partial charge in [-0.15, -0.1) is 11.3 Å². The van der Waals surface area contributed by atoms with Crippen LogP contribution in [0.3, 0.4) is 0 Å². The number of carboxylic acids is 1. The first-order valence-corrected chi connectivity index (χ1v) is 6.53. The summed E-state index contributed by atoms with van der Waals surface area (Å²) in [5.74, 6) is -1.27. The summed E-state index contributed by atoms with van der Waals surface area (Å²) in [4.78, 5) is 23.4. The normalized spacial score (nSPS) is 22.4. The van der Waals surface area contributed by atoms with Crippen LogP contribution >= 0.6 is 11.3 Å². The molecule has 1 aliphatic heterocycles. The molecule has 1 amide bonds. The number of ether oxygens (including phenoxy) is 1. The second-order valence-electron chi connectivity index (χ2n) is 4.43. The highest BCUT2D eigenvalue weighted by Gasteiger charge is 2.31. The third-order valence-electron chi connectivity index (χ3n) is 2.84. The SMILES string of the molecule is CC(=O)Nc1sc2c(c1C(=O)O)CC(C)OC2C. The Hall–Kier alpha value is -1.40. The average molecular weight is 269 g/mol. The van der Waals surface area contributed by atoms with Crippen LogP contribution < -0.4 is 5.32 Å². The number of amides is 1. The van der Waals surface area contributed by atoms with E-state index in [9.17, 15) is 14.7 Å². The van der Waals surface area contributed by atoms with Crippen LogP contribution in [0.1, 0.15) is 47.7 Å². The van der Waals surface area contributed by atoms with Gasteiger partial charge in [-0.25, -0.2) is 4.79 Å². The molecule has 5 nitrogen and oxygen atoms in total. The highest BCUT2D eigenvalue weighted by atomic mass is 32.1. The van der Waals surface area contributed by atoms with E-state index < -0.39 is 5.97 Å². The summed E-state index contributed by atoms with van der Waals surface area (Å²) in [5.41, 5.74) is 1.01. The van der Waals surface area contributed by atoms with Crippen molar-refractivity contribution in [2.45, 2.75) is 39.4 Å². The van der Waals surface area contributed by atoms with Crippen molar-refractivity contribution >= 4 is 28.2 Å². The standard InChI is InChI=1S/C12H15NO4S/c1-5-4-8-9(12(15)16)11(13-7(3)14)18-10(8)6(2)17-5/h5-6H,4H2,1-3H3,(H,13,14)(H,15,16). The molecule has 0 aromatic carbocycles. The van der Waals surface area contributed by atoms with Gasteiger partial charge in [-0.1, -0.05) is 0 Å². The minimum Gasteiger partial charge on any atom is -0.478 e. The number of carbonyl (C=O) groups excluding carboxylic acids is 1. The molecule has 1 aromatic rings. The molecular weight excluding hydrogens is 254 g/mol. The van der Waals surface area contributed by atoms with Crippen LogP contribution in [0, 0.1) is 0 Å². The summed E-state index contributed by atoms with van der Waals surface area (Å²) in [6, 6.07) is 0. The number of fused-ring (bicyclic) bond motifs is 1. The van der Waals surface area contributed by atoms with Crippen molar-refractivity contribution in [1.29, 1.82) is 0 Å². The number of carboxylic acid groups (broad SMARTS) is 1. The van der Waals surface area contributed by atoms with Gasteiger partial charge in [-0.2, -0.15) is 0 Å². The van der Waals surface area contributed by atoms with E-state index in [0.29, 0.717) is 11.4 Å². The van der Waals surface area contributed by atoms with E-state index >= 15 is 0 Å². The van der Waals surface area contributed by atoms with Crippen molar-refractivity contribution in [1.82, 2.24) is 0 Å². The van der Waals surface area contributed by atoms with E-state index in [1.54, 1.807) is 0 Å². The first kappa shape index (κ1) is 13.0. The fourth-order valence-corrected chi connectivity index (χ4v) is 3.49. The summed E-state index contributed by atoms with van der Waals surface area (Å²) >= 11 is 1.29. The molecule has 98 valence electrons. The monoisotopic (exact) mass is 269 g/mol. The van der Waals surface area contributed by atoms with Gasteiger partial charge in [-0.05, 0) is 19.4 Å². The zero-order chi connectivity index (χ0) is 13.4. The number of aromatic carboxylic acids is 1. The van der Waals surface area contributed by atoms with Crippen LogP contribution in [0.15, 0.2) is 0 Å². The fraction of sp³-hybridized carbons (Fsp3) is 0.500. The van der Waals surface area contributed by atoms with Gasteiger partial charge < -0.3 is 15.2 Å². The molecule has 0 radical (unpaired) electrons. The smallest absolute Gasteiger partial charge is 0.339 e. The van der Waals surface area contributed by atoms with Crippen LogP contribution in [-0.4, -0.2) is 23.1 Å². The quantitative estimate of drug-likeness (QED) is 0.864. The minimum atomic E-state index is -1.00. The lowest BCUT2D eigenvalue weighted by Gasteiger charge is -2.25. The number of nitrogens with one attached hydrogen (secondary N) is 1. The molecule has 1 aliphatic rings. The molecule has 2 rings (SSSR count). The predicted molar refractivity (Wildman–Crippen MR) is 68.2 cm³/mol. The second kappa shape index (κ2) is 4.70. The van der Waals surface area contributed by atoms with E-state index in [1.807, 2.05) is 13.8 Å². The molecule has 1 aromatic heterocycles. The van der Waals surface area contributed by atoms with Gasteiger partial charge in [0.25, 0.3) is 0 Å². The van der Waals surface area contributed by atoms with Gasteiger partial charge in [0.2, 0.25) is 5.91 Å². The maximum Gasteiger partial charge on any atom is 0.339 e. The summed E-state index contributed by atoms with van der Waals surface area (Å²) < 4.78 is 5.67. The summed E-state index contributed by atoms with van der Waals surface area (Å²) in [6.45, 7) is 5.18. The largest absolute Gasteiger partial charge is 0.478 e. The number of hydrogen-bond donors (Lipinski definition) is 2. The fourth-order valence-electron chi connectivity index (χ4n) is 2.23. The molecule has 18 heavy (non-hydrogen) atoms. The highest BCUT2D eigenvalue weighted by Crippen LogP contribution is 2.42. The van der Waals surface area contributed by atoms with Crippen molar-refractivity contribution in [3.63, 3.8) is 0 Å². The Morgan fingerprint density at radius 2 is 2.11 bits per heavy atom. The molecule has 0 aliphatic carbocycles. The topological polar surface area (TPSA) is 75.6 Å². The number of anilines is 1. The first-order valence-electron chi connectivity index (χ1n) is 5.72.